The molecule has 3 N–H and O–H groups in total. The molecule has 0 aromatic heterocycles. The van der Waals surface area contributed by atoms with Gasteiger partial charge in [-0.2, -0.15) is 0 Å². The standard InChI is InChI=1S/C6H3N3O8.CH4O/c10-5-2(7(12)13)1-3(8(14)15)6(11)4(5)9(16)17;1-2/h1,10-11H;2H,1H3. The zero-order valence-corrected chi connectivity index (χ0v) is 9.21. The summed E-state index contributed by atoms with van der Waals surface area (Å²) in [5.74, 6) is -2.88. The number of hydrogen-bond acceptors (Lipinski definition) is 9. The SMILES string of the molecule is CO.O=[N+]([O-])c1cc([N+](=O)[O-])c(O)c([N+](=O)[O-])c1O. The number of phenolic OH excluding ortho intramolecular Hbond substituents is 2. The lowest BCUT2D eigenvalue weighted by molar-refractivity contribution is -0.405. The van der Waals surface area contributed by atoms with Gasteiger partial charge in [0.2, 0.25) is 0 Å². The summed E-state index contributed by atoms with van der Waals surface area (Å²) < 4.78 is 0. The normalized spacial score (nSPS) is 9.16. The lowest BCUT2D eigenvalue weighted by atomic mass is 10.2. The van der Waals surface area contributed by atoms with E-state index in [9.17, 15) is 30.3 Å². The molecule has 19 heavy (non-hydrogen) atoms. The molecule has 0 aliphatic rings. The van der Waals surface area contributed by atoms with Crippen LogP contribution < -0.4 is 0 Å². The predicted octanol–water partition coefficient (Wildman–Crippen LogP) is 0.431. The molecule has 12 heteroatoms. The Hall–Kier alpha value is -3.02. The minimum absolute atomic E-state index is 0.234. The number of hydrogen-bond donors (Lipinski definition) is 3. The fourth-order valence-electron chi connectivity index (χ4n) is 1.07. The van der Waals surface area contributed by atoms with E-state index in [1.54, 1.807) is 0 Å². The molecule has 104 valence electrons. The first-order chi connectivity index (χ1) is 8.77. The third-order valence-corrected chi connectivity index (χ3v) is 1.78. The van der Waals surface area contributed by atoms with Crippen LogP contribution in [-0.2, 0) is 0 Å². The third kappa shape index (κ3) is 3.01. The van der Waals surface area contributed by atoms with Crippen molar-refractivity contribution < 1.29 is 30.1 Å². The van der Waals surface area contributed by atoms with Crippen LogP contribution in [0.2, 0.25) is 0 Å². The first-order valence-electron chi connectivity index (χ1n) is 4.24. The lowest BCUT2D eigenvalue weighted by Crippen LogP contribution is -1.98. The second kappa shape index (κ2) is 6.06. The van der Waals surface area contributed by atoms with E-state index in [-0.39, 0.29) is 6.07 Å². The van der Waals surface area contributed by atoms with Gasteiger partial charge < -0.3 is 15.3 Å². The predicted molar refractivity (Wildman–Crippen MR) is 57.9 cm³/mol. The Kier molecular flexibility index (Phi) is 5.10. The molecule has 1 aromatic carbocycles. The van der Waals surface area contributed by atoms with E-state index in [1.165, 1.54) is 0 Å². The fourth-order valence-corrected chi connectivity index (χ4v) is 1.07. The number of aliphatic hydroxyl groups excluding tert-OH is 1. The number of aliphatic hydroxyl groups is 1. The molecular weight excluding hydrogens is 270 g/mol. The average molecular weight is 277 g/mol. The van der Waals surface area contributed by atoms with Crippen molar-refractivity contribution in [3.05, 3.63) is 36.4 Å². The Bertz CT molecular complexity index is 503. The summed E-state index contributed by atoms with van der Waals surface area (Å²) >= 11 is 0. The van der Waals surface area contributed by atoms with E-state index in [2.05, 4.69) is 0 Å². The molecule has 1 rings (SSSR count). The molecule has 0 aliphatic heterocycles. The summed E-state index contributed by atoms with van der Waals surface area (Å²) in [4.78, 5) is 27.4. The van der Waals surface area contributed by atoms with Crippen molar-refractivity contribution in [2.45, 2.75) is 0 Å². The summed E-state index contributed by atoms with van der Waals surface area (Å²) in [5, 5.41) is 56.5. The van der Waals surface area contributed by atoms with Gasteiger partial charge in [0.15, 0.2) is 0 Å². The number of nitro benzene ring substituents is 3. The van der Waals surface area contributed by atoms with Crippen molar-refractivity contribution in [3.63, 3.8) is 0 Å². The molecule has 0 fully saturated rings. The van der Waals surface area contributed by atoms with Gasteiger partial charge in [-0.1, -0.05) is 0 Å². The smallest absolute Gasteiger partial charge is 0.366 e. The molecule has 0 bridgehead atoms. The molecule has 0 saturated carbocycles. The number of rotatable bonds is 3. The van der Waals surface area contributed by atoms with Crippen molar-refractivity contribution in [2.75, 3.05) is 7.11 Å². The summed E-state index contributed by atoms with van der Waals surface area (Å²) in [6, 6.07) is 0.234. The van der Waals surface area contributed by atoms with Crippen LogP contribution in [0.1, 0.15) is 0 Å². The van der Waals surface area contributed by atoms with Crippen LogP contribution in [0.5, 0.6) is 11.5 Å². The van der Waals surface area contributed by atoms with Gasteiger partial charge >= 0.3 is 17.1 Å². The Morgan fingerprint density at radius 3 is 1.37 bits per heavy atom. The second-order valence-electron chi connectivity index (χ2n) is 2.73. The molecule has 0 radical (unpaired) electrons. The highest BCUT2D eigenvalue weighted by Gasteiger charge is 2.36. The van der Waals surface area contributed by atoms with E-state index >= 15 is 0 Å². The van der Waals surface area contributed by atoms with Gasteiger partial charge in [-0.15, -0.1) is 0 Å². The van der Waals surface area contributed by atoms with Crippen LogP contribution in [0.3, 0.4) is 0 Å². The number of phenols is 2. The van der Waals surface area contributed by atoms with Gasteiger partial charge in [-0.05, 0) is 0 Å². The van der Waals surface area contributed by atoms with E-state index in [0.29, 0.717) is 0 Å². The van der Waals surface area contributed by atoms with Crippen LogP contribution in [0.25, 0.3) is 0 Å². The maximum Gasteiger partial charge on any atom is 0.366 e. The molecule has 0 atom stereocenters. The minimum Gasteiger partial charge on any atom is -0.497 e. The first-order valence-corrected chi connectivity index (χ1v) is 4.24. The highest BCUT2D eigenvalue weighted by atomic mass is 16.6. The molecule has 0 saturated heterocycles. The highest BCUT2D eigenvalue weighted by molar-refractivity contribution is 5.73. The number of aromatic hydroxyl groups is 2. The van der Waals surface area contributed by atoms with Gasteiger partial charge in [0, 0.05) is 7.11 Å². The molecule has 0 heterocycles. The zero-order chi connectivity index (χ0) is 15.3. The monoisotopic (exact) mass is 277 g/mol. The Balaban J connectivity index is 0.00000154. The fraction of sp³-hybridized carbons (Fsp3) is 0.143. The van der Waals surface area contributed by atoms with Crippen LogP contribution in [-0.4, -0.2) is 37.2 Å². The molecule has 0 amide bonds. The molecule has 0 spiro atoms. The zero-order valence-electron chi connectivity index (χ0n) is 9.21. The summed E-state index contributed by atoms with van der Waals surface area (Å²) in [6.07, 6.45) is 0. The summed E-state index contributed by atoms with van der Waals surface area (Å²) in [7, 11) is 1.00. The third-order valence-electron chi connectivity index (χ3n) is 1.78. The van der Waals surface area contributed by atoms with Crippen LogP contribution >= 0.6 is 0 Å². The number of nitrogens with zero attached hydrogens (tertiary/aromatic N) is 3. The molecule has 1 aromatic rings. The highest BCUT2D eigenvalue weighted by Crippen LogP contribution is 2.47. The van der Waals surface area contributed by atoms with Crippen molar-refractivity contribution in [3.8, 4) is 11.5 Å². The Morgan fingerprint density at radius 2 is 1.16 bits per heavy atom. The van der Waals surface area contributed by atoms with Gasteiger partial charge in [0.25, 0.3) is 11.5 Å². The Morgan fingerprint density at radius 1 is 0.842 bits per heavy atom. The van der Waals surface area contributed by atoms with Gasteiger partial charge in [0.1, 0.15) is 6.07 Å². The molecule has 0 aliphatic carbocycles. The van der Waals surface area contributed by atoms with Crippen molar-refractivity contribution in [1.82, 2.24) is 0 Å². The Labute approximate surface area is 103 Å². The van der Waals surface area contributed by atoms with E-state index in [0.717, 1.165) is 7.11 Å². The molecular formula is C7H7N3O9. The molecule has 12 nitrogen and oxygen atoms in total. The summed E-state index contributed by atoms with van der Waals surface area (Å²) in [6.45, 7) is 0. The number of nitro groups is 3. The first kappa shape index (κ1) is 16.0. The quantitative estimate of drug-likeness (QED) is 0.519. The van der Waals surface area contributed by atoms with E-state index < -0.39 is 43.3 Å². The van der Waals surface area contributed by atoms with Gasteiger partial charge in [0.05, 0.1) is 14.8 Å². The molecule has 0 unspecified atom stereocenters. The second-order valence-corrected chi connectivity index (χ2v) is 2.73. The van der Waals surface area contributed by atoms with Crippen molar-refractivity contribution in [2.24, 2.45) is 0 Å². The van der Waals surface area contributed by atoms with Crippen molar-refractivity contribution >= 4 is 17.1 Å². The lowest BCUT2D eigenvalue weighted by Gasteiger charge is -2.00. The van der Waals surface area contributed by atoms with Gasteiger partial charge in [-0.3, -0.25) is 30.3 Å². The summed E-state index contributed by atoms with van der Waals surface area (Å²) in [5.41, 5.74) is -3.95. The van der Waals surface area contributed by atoms with Crippen molar-refractivity contribution in [1.29, 1.82) is 0 Å². The van der Waals surface area contributed by atoms with Crippen LogP contribution in [0, 0.1) is 30.3 Å². The van der Waals surface area contributed by atoms with E-state index in [1.807, 2.05) is 0 Å². The van der Waals surface area contributed by atoms with E-state index in [4.69, 9.17) is 15.3 Å². The average Bonchev–Trinajstić information content (AvgIpc) is 2.30. The van der Waals surface area contributed by atoms with Crippen LogP contribution in [0.4, 0.5) is 17.1 Å². The minimum atomic E-state index is -1.48. The van der Waals surface area contributed by atoms with Crippen LogP contribution in [0.15, 0.2) is 6.07 Å². The van der Waals surface area contributed by atoms with Gasteiger partial charge in [-0.25, -0.2) is 0 Å². The maximum absolute atomic E-state index is 10.4. The largest absolute Gasteiger partial charge is 0.497 e. The number of benzene rings is 1. The topological polar surface area (TPSA) is 190 Å². The maximum atomic E-state index is 10.4.